The van der Waals surface area contributed by atoms with Crippen molar-refractivity contribution in [1.29, 1.82) is 0 Å². The molecule has 1 amide bonds. The zero-order valence-electron chi connectivity index (χ0n) is 18.8. The zero-order valence-corrected chi connectivity index (χ0v) is 18.8. The second-order valence-electron chi connectivity index (χ2n) is 7.98. The van der Waals surface area contributed by atoms with Gasteiger partial charge in [-0.1, -0.05) is 36.4 Å². The highest BCUT2D eigenvalue weighted by molar-refractivity contribution is 5.95. The summed E-state index contributed by atoms with van der Waals surface area (Å²) in [5.74, 6) is -0.802. The standard InChI is InChI=1S/C25H24F3N5O/c1-17-9-6-7-13-22(17)33-23(25(26,27)28)21(15-30-33)24(34)29-14-8-10-19-16-32(31-18(19)2)20-11-4-3-5-12-20/h3-7,9,11-13,15-16H,8,10,14H2,1-2H3,(H,29,34). The van der Waals surface area contributed by atoms with Crippen molar-refractivity contribution >= 4 is 5.91 Å². The number of aryl methyl sites for hydroxylation is 3. The first-order chi connectivity index (χ1) is 16.3. The van der Waals surface area contributed by atoms with Gasteiger partial charge in [0, 0.05) is 12.7 Å². The van der Waals surface area contributed by atoms with Gasteiger partial charge in [0.05, 0.1) is 28.8 Å². The van der Waals surface area contributed by atoms with E-state index in [4.69, 9.17) is 0 Å². The lowest BCUT2D eigenvalue weighted by molar-refractivity contribution is -0.143. The summed E-state index contributed by atoms with van der Waals surface area (Å²) in [7, 11) is 0. The van der Waals surface area contributed by atoms with Gasteiger partial charge >= 0.3 is 6.18 Å². The van der Waals surface area contributed by atoms with Gasteiger partial charge in [0.25, 0.3) is 5.91 Å². The van der Waals surface area contributed by atoms with Crippen molar-refractivity contribution in [3.8, 4) is 11.4 Å². The van der Waals surface area contributed by atoms with Crippen LogP contribution in [0.3, 0.4) is 0 Å². The Bertz CT molecular complexity index is 1290. The molecular formula is C25H24F3N5O. The average Bonchev–Trinajstić information content (AvgIpc) is 3.42. The minimum absolute atomic E-state index is 0.224. The Hall–Kier alpha value is -3.88. The Kier molecular flexibility index (Phi) is 6.54. The fourth-order valence-electron chi connectivity index (χ4n) is 3.80. The van der Waals surface area contributed by atoms with Crippen LogP contribution in [0.4, 0.5) is 13.2 Å². The Morgan fingerprint density at radius 1 is 1.03 bits per heavy atom. The molecule has 2 aromatic carbocycles. The first-order valence-electron chi connectivity index (χ1n) is 10.9. The van der Waals surface area contributed by atoms with E-state index >= 15 is 0 Å². The smallest absolute Gasteiger partial charge is 0.352 e. The van der Waals surface area contributed by atoms with Crippen LogP contribution in [0.5, 0.6) is 0 Å². The number of hydrogen-bond acceptors (Lipinski definition) is 3. The number of para-hydroxylation sites is 2. The maximum atomic E-state index is 13.9. The highest BCUT2D eigenvalue weighted by Gasteiger charge is 2.40. The largest absolute Gasteiger partial charge is 0.434 e. The van der Waals surface area contributed by atoms with Gasteiger partial charge in [-0.15, -0.1) is 0 Å². The van der Waals surface area contributed by atoms with E-state index in [2.05, 4.69) is 15.5 Å². The number of carbonyl (C=O) groups is 1. The molecule has 9 heteroatoms. The molecule has 1 N–H and O–H groups in total. The number of alkyl halides is 3. The van der Waals surface area contributed by atoms with Crippen LogP contribution in [0, 0.1) is 13.8 Å². The molecule has 4 aromatic rings. The van der Waals surface area contributed by atoms with Gasteiger partial charge in [0.2, 0.25) is 0 Å². The number of hydrogen-bond donors (Lipinski definition) is 1. The average molecular weight is 467 g/mol. The molecule has 0 spiro atoms. The van der Waals surface area contributed by atoms with Gasteiger partial charge in [0.1, 0.15) is 0 Å². The molecule has 0 fully saturated rings. The molecule has 176 valence electrons. The maximum Gasteiger partial charge on any atom is 0.434 e. The summed E-state index contributed by atoms with van der Waals surface area (Å²) in [6.45, 7) is 3.82. The molecule has 0 aliphatic carbocycles. The van der Waals surface area contributed by atoms with Gasteiger partial charge in [-0.3, -0.25) is 4.79 Å². The Morgan fingerprint density at radius 3 is 2.44 bits per heavy atom. The highest BCUT2D eigenvalue weighted by atomic mass is 19.4. The second-order valence-corrected chi connectivity index (χ2v) is 7.98. The lowest BCUT2D eigenvalue weighted by atomic mass is 10.1. The fourth-order valence-corrected chi connectivity index (χ4v) is 3.80. The Morgan fingerprint density at radius 2 is 1.74 bits per heavy atom. The predicted molar refractivity (Wildman–Crippen MR) is 122 cm³/mol. The van der Waals surface area contributed by atoms with Crippen LogP contribution in [0.2, 0.25) is 0 Å². The van der Waals surface area contributed by atoms with Crippen molar-refractivity contribution in [2.75, 3.05) is 6.54 Å². The van der Waals surface area contributed by atoms with Crippen molar-refractivity contribution in [2.45, 2.75) is 32.9 Å². The molecule has 0 aliphatic heterocycles. The number of halogens is 3. The monoisotopic (exact) mass is 467 g/mol. The van der Waals surface area contributed by atoms with Crippen LogP contribution >= 0.6 is 0 Å². The van der Waals surface area contributed by atoms with Gasteiger partial charge in [0.15, 0.2) is 5.69 Å². The lowest BCUT2D eigenvalue weighted by Gasteiger charge is -2.14. The molecule has 0 atom stereocenters. The van der Waals surface area contributed by atoms with E-state index in [0.717, 1.165) is 27.8 Å². The van der Waals surface area contributed by atoms with Crippen molar-refractivity contribution in [1.82, 2.24) is 24.9 Å². The molecule has 34 heavy (non-hydrogen) atoms. The van der Waals surface area contributed by atoms with Crippen molar-refractivity contribution in [2.24, 2.45) is 0 Å². The van der Waals surface area contributed by atoms with E-state index in [0.29, 0.717) is 18.4 Å². The normalized spacial score (nSPS) is 11.6. The molecule has 0 saturated carbocycles. The number of carbonyl (C=O) groups excluding carboxylic acids is 1. The molecule has 2 heterocycles. The van der Waals surface area contributed by atoms with Crippen molar-refractivity contribution in [3.05, 3.63) is 95.1 Å². The molecule has 0 saturated heterocycles. The molecular weight excluding hydrogens is 443 g/mol. The summed E-state index contributed by atoms with van der Waals surface area (Å²) in [6, 6.07) is 16.3. The molecule has 6 nitrogen and oxygen atoms in total. The van der Waals surface area contributed by atoms with Crippen LogP contribution < -0.4 is 5.32 Å². The second kappa shape index (κ2) is 9.54. The number of nitrogens with zero attached hydrogens (tertiary/aromatic N) is 4. The van der Waals surface area contributed by atoms with E-state index in [1.807, 2.05) is 43.5 Å². The van der Waals surface area contributed by atoms with Crippen LogP contribution in [-0.4, -0.2) is 32.0 Å². The molecule has 0 unspecified atom stereocenters. The van der Waals surface area contributed by atoms with Crippen LogP contribution in [0.1, 0.15) is 39.3 Å². The molecule has 4 rings (SSSR count). The molecule has 0 bridgehead atoms. The van der Waals surface area contributed by atoms with E-state index in [1.54, 1.807) is 29.8 Å². The van der Waals surface area contributed by atoms with E-state index in [1.165, 1.54) is 6.07 Å². The summed E-state index contributed by atoms with van der Waals surface area (Å²) < 4.78 is 44.2. The summed E-state index contributed by atoms with van der Waals surface area (Å²) >= 11 is 0. The highest BCUT2D eigenvalue weighted by Crippen LogP contribution is 2.34. The third kappa shape index (κ3) is 4.88. The van der Waals surface area contributed by atoms with Gasteiger partial charge in [-0.25, -0.2) is 9.36 Å². The van der Waals surface area contributed by atoms with Gasteiger partial charge in [-0.05, 0) is 56.0 Å². The summed E-state index contributed by atoms with van der Waals surface area (Å²) in [6.07, 6.45) is -0.651. The number of nitrogens with one attached hydrogen (secondary N) is 1. The Balaban J connectivity index is 1.43. The summed E-state index contributed by atoms with van der Waals surface area (Å²) in [5.41, 5.74) is 2.14. The van der Waals surface area contributed by atoms with Crippen molar-refractivity contribution < 1.29 is 18.0 Å². The number of amides is 1. The first-order valence-corrected chi connectivity index (χ1v) is 10.9. The van der Waals surface area contributed by atoms with Crippen molar-refractivity contribution in [3.63, 3.8) is 0 Å². The first kappa shape index (κ1) is 23.3. The Labute approximate surface area is 195 Å². The quantitative estimate of drug-likeness (QED) is 0.387. The molecule has 2 aromatic heterocycles. The van der Waals surface area contributed by atoms with Gasteiger partial charge in [-0.2, -0.15) is 23.4 Å². The number of aromatic nitrogens is 4. The van der Waals surface area contributed by atoms with Crippen LogP contribution in [0.15, 0.2) is 67.0 Å². The third-order valence-electron chi connectivity index (χ3n) is 5.56. The zero-order chi connectivity index (χ0) is 24.3. The molecule has 0 aliphatic rings. The fraction of sp³-hybridized carbons (Fsp3) is 0.240. The minimum atomic E-state index is -4.74. The minimum Gasteiger partial charge on any atom is -0.352 e. The van der Waals surface area contributed by atoms with Crippen LogP contribution in [0.25, 0.3) is 11.4 Å². The topological polar surface area (TPSA) is 64.7 Å². The van der Waals surface area contributed by atoms with Gasteiger partial charge < -0.3 is 5.32 Å². The van der Waals surface area contributed by atoms with E-state index in [9.17, 15) is 18.0 Å². The van der Waals surface area contributed by atoms with E-state index in [-0.39, 0.29) is 12.2 Å². The maximum absolute atomic E-state index is 13.9. The summed E-state index contributed by atoms with van der Waals surface area (Å²) in [4.78, 5) is 12.6. The predicted octanol–water partition coefficient (Wildman–Crippen LogP) is 5.06. The lowest BCUT2D eigenvalue weighted by Crippen LogP contribution is -2.27. The third-order valence-corrected chi connectivity index (χ3v) is 5.56. The number of benzene rings is 2. The summed E-state index contributed by atoms with van der Waals surface area (Å²) in [5, 5.41) is 11.0. The van der Waals surface area contributed by atoms with Crippen LogP contribution in [-0.2, 0) is 12.6 Å². The SMILES string of the molecule is Cc1ccccc1-n1ncc(C(=O)NCCCc2cn(-c3ccccc3)nc2C)c1C(F)(F)F. The molecule has 0 radical (unpaired) electrons. The van der Waals surface area contributed by atoms with E-state index < -0.39 is 23.3 Å². The number of rotatable bonds is 7.